The summed E-state index contributed by atoms with van der Waals surface area (Å²) in [5.74, 6) is 1.83. The smallest absolute Gasteiger partial charge is 0.196 e. The highest BCUT2D eigenvalue weighted by atomic mass is 16.7. The Morgan fingerprint density at radius 3 is 2.58 bits per heavy atom. The van der Waals surface area contributed by atoms with E-state index in [1.807, 2.05) is 26.8 Å². The van der Waals surface area contributed by atoms with Crippen LogP contribution in [-0.4, -0.2) is 27.0 Å². The van der Waals surface area contributed by atoms with Gasteiger partial charge in [-0.1, -0.05) is 0 Å². The first-order chi connectivity index (χ1) is 11.5. The molecule has 0 aliphatic carbocycles. The number of fused-ring (bicyclic) bond motifs is 1. The summed E-state index contributed by atoms with van der Waals surface area (Å²) in [6, 6.07) is 1.89. The van der Waals surface area contributed by atoms with Crippen molar-refractivity contribution < 1.29 is 13.9 Å². The Morgan fingerprint density at radius 1 is 1.21 bits per heavy atom. The number of hydrogen-bond acceptors (Lipinski definition) is 5. The molecule has 0 saturated carbocycles. The molecule has 1 aliphatic heterocycles. The van der Waals surface area contributed by atoms with Gasteiger partial charge in [0.2, 0.25) is 0 Å². The number of piperidine rings is 1. The molecule has 1 fully saturated rings. The van der Waals surface area contributed by atoms with Crippen LogP contribution < -0.4 is 15.5 Å². The molecule has 0 spiro atoms. The fraction of sp³-hybridized carbons (Fsp3) is 0.526. The van der Waals surface area contributed by atoms with Crippen LogP contribution in [0.25, 0.3) is 11.0 Å². The van der Waals surface area contributed by atoms with Crippen molar-refractivity contribution in [1.82, 2.24) is 5.32 Å². The lowest BCUT2D eigenvalue weighted by molar-refractivity contribution is 0.0506. The first-order valence-corrected chi connectivity index (χ1v) is 8.44. The Labute approximate surface area is 141 Å². The van der Waals surface area contributed by atoms with E-state index in [2.05, 4.69) is 5.32 Å². The monoisotopic (exact) mass is 331 g/mol. The number of benzene rings is 1. The third kappa shape index (κ3) is 2.94. The van der Waals surface area contributed by atoms with Crippen LogP contribution in [0, 0.1) is 20.8 Å². The zero-order chi connectivity index (χ0) is 17.3. The molecular formula is C19H25NO4. The zero-order valence-corrected chi connectivity index (χ0v) is 14.8. The molecule has 2 heterocycles. The van der Waals surface area contributed by atoms with Gasteiger partial charge in [0, 0.05) is 24.2 Å². The number of aryl methyl sites for hydroxylation is 2. The van der Waals surface area contributed by atoms with E-state index in [1.54, 1.807) is 7.11 Å². The van der Waals surface area contributed by atoms with E-state index in [0.29, 0.717) is 22.6 Å². The Kier molecular flexibility index (Phi) is 4.92. The van der Waals surface area contributed by atoms with Gasteiger partial charge in [-0.2, -0.15) is 0 Å². The van der Waals surface area contributed by atoms with Crippen LogP contribution in [0.15, 0.2) is 15.3 Å². The number of hydrogen-bond donors (Lipinski definition) is 1. The van der Waals surface area contributed by atoms with Crippen LogP contribution >= 0.6 is 0 Å². The highest BCUT2D eigenvalue weighted by Crippen LogP contribution is 2.34. The van der Waals surface area contributed by atoms with Crippen LogP contribution in [0.3, 0.4) is 0 Å². The SMILES string of the molecule is COCOc1cc(C)c2c(=O)c(C)c(C3CCNCC3)oc2c1C. The van der Waals surface area contributed by atoms with Crippen LogP contribution in [0.1, 0.15) is 41.2 Å². The molecule has 1 aliphatic rings. The summed E-state index contributed by atoms with van der Waals surface area (Å²) < 4.78 is 16.9. The summed E-state index contributed by atoms with van der Waals surface area (Å²) >= 11 is 0. The molecule has 24 heavy (non-hydrogen) atoms. The molecule has 130 valence electrons. The van der Waals surface area contributed by atoms with Crippen LogP contribution in [0.2, 0.25) is 0 Å². The van der Waals surface area contributed by atoms with Gasteiger partial charge in [-0.25, -0.2) is 0 Å². The average Bonchev–Trinajstić information content (AvgIpc) is 2.59. The second-order valence-electron chi connectivity index (χ2n) is 6.52. The van der Waals surface area contributed by atoms with Gasteiger partial charge in [0.1, 0.15) is 17.1 Å². The minimum absolute atomic E-state index is 0.0728. The molecule has 0 amide bonds. The number of rotatable bonds is 4. The quantitative estimate of drug-likeness (QED) is 0.872. The maximum Gasteiger partial charge on any atom is 0.196 e. The number of ether oxygens (including phenoxy) is 2. The van der Waals surface area contributed by atoms with Crippen molar-refractivity contribution in [3.8, 4) is 5.75 Å². The van der Waals surface area contributed by atoms with Gasteiger partial charge in [0.05, 0.1) is 5.39 Å². The lowest BCUT2D eigenvalue weighted by atomic mass is 9.91. The van der Waals surface area contributed by atoms with E-state index in [1.165, 1.54) is 0 Å². The Bertz CT molecular complexity index is 803. The van der Waals surface area contributed by atoms with E-state index in [9.17, 15) is 4.79 Å². The van der Waals surface area contributed by atoms with Gasteiger partial charge < -0.3 is 19.2 Å². The molecule has 0 radical (unpaired) electrons. The molecule has 1 aromatic heterocycles. The maximum atomic E-state index is 12.9. The zero-order valence-electron chi connectivity index (χ0n) is 14.8. The van der Waals surface area contributed by atoms with Gasteiger partial charge in [-0.15, -0.1) is 0 Å². The predicted octanol–water partition coefficient (Wildman–Crippen LogP) is 3.17. The van der Waals surface area contributed by atoms with Gasteiger partial charge >= 0.3 is 0 Å². The van der Waals surface area contributed by atoms with Gasteiger partial charge in [0.25, 0.3) is 0 Å². The first kappa shape index (κ1) is 17.0. The molecular weight excluding hydrogens is 306 g/mol. The maximum absolute atomic E-state index is 12.9. The molecule has 2 aromatic rings. The molecule has 0 atom stereocenters. The minimum Gasteiger partial charge on any atom is -0.467 e. The van der Waals surface area contributed by atoms with Crippen molar-refractivity contribution in [2.45, 2.75) is 39.5 Å². The molecule has 5 heteroatoms. The summed E-state index contributed by atoms with van der Waals surface area (Å²) in [5, 5.41) is 4.01. The Balaban J connectivity index is 2.20. The molecule has 0 unspecified atom stereocenters. The highest BCUT2D eigenvalue weighted by Gasteiger charge is 2.24. The normalized spacial score (nSPS) is 15.8. The first-order valence-electron chi connectivity index (χ1n) is 8.44. The van der Waals surface area contributed by atoms with Crippen LogP contribution in [-0.2, 0) is 4.74 Å². The fourth-order valence-electron chi connectivity index (χ4n) is 3.50. The molecule has 0 bridgehead atoms. The number of methoxy groups -OCH3 is 1. The van der Waals surface area contributed by atoms with E-state index < -0.39 is 0 Å². The summed E-state index contributed by atoms with van der Waals surface area (Å²) in [6.07, 6.45) is 1.99. The summed E-state index contributed by atoms with van der Waals surface area (Å²) in [6.45, 7) is 7.82. The molecule has 1 aromatic carbocycles. The topological polar surface area (TPSA) is 60.7 Å². The van der Waals surface area contributed by atoms with Crippen LogP contribution in [0.5, 0.6) is 5.75 Å². The average molecular weight is 331 g/mol. The van der Waals surface area contributed by atoms with Crippen molar-refractivity contribution in [3.63, 3.8) is 0 Å². The lowest BCUT2D eigenvalue weighted by Crippen LogP contribution is -2.28. The molecule has 1 N–H and O–H groups in total. The van der Waals surface area contributed by atoms with Crippen molar-refractivity contribution >= 4 is 11.0 Å². The summed E-state index contributed by atoms with van der Waals surface area (Å²) in [5.41, 5.74) is 3.17. The predicted molar refractivity (Wildman–Crippen MR) is 94.0 cm³/mol. The Hall–Kier alpha value is -1.85. The van der Waals surface area contributed by atoms with Gasteiger partial charge in [-0.05, 0) is 58.3 Å². The van der Waals surface area contributed by atoms with Crippen molar-refractivity contribution in [3.05, 3.63) is 38.7 Å². The third-order valence-corrected chi connectivity index (χ3v) is 4.87. The number of nitrogens with one attached hydrogen (secondary N) is 1. The second-order valence-corrected chi connectivity index (χ2v) is 6.52. The molecule has 5 nitrogen and oxygen atoms in total. The van der Waals surface area contributed by atoms with Crippen LogP contribution in [0.4, 0.5) is 0 Å². The molecule has 3 rings (SSSR count). The van der Waals surface area contributed by atoms with E-state index in [4.69, 9.17) is 13.9 Å². The third-order valence-electron chi connectivity index (χ3n) is 4.87. The largest absolute Gasteiger partial charge is 0.467 e. The van der Waals surface area contributed by atoms with E-state index in [-0.39, 0.29) is 12.2 Å². The summed E-state index contributed by atoms with van der Waals surface area (Å²) in [7, 11) is 1.59. The second kappa shape index (κ2) is 6.95. The standard InChI is InChI=1S/C19H25NO4/c1-11-9-15(23-10-22-4)12(2)19-16(11)17(21)13(3)18(24-19)14-5-7-20-8-6-14/h9,14,20H,5-8,10H2,1-4H3. The Morgan fingerprint density at radius 2 is 1.92 bits per heavy atom. The van der Waals surface area contributed by atoms with E-state index in [0.717, 1.165) is 48.4 Å². The highest BCUT2D eigenvalue weighted by molar-refractivity contribution is 5.86. The minimum atomic E-state index is 0.0728. The molecule has 1 saturated heterocycles. The fourth-order valence-corrected chi connectivity index (χ4v) is 3.50. The van der Waals surface area contributed by atoms with Crippen molar-refractivity contribution in [1.29, 1.82) is 0 Å². The van der Waals surface area contributed by atoms with Gasteiger partial charge in [-0.3, -0.25) is 4.79 Å². The van der Waals surface area contributed by atoms with Crippen molar-refractivity contribution in [2.24, 2.45) is 0 Å². The van der Waals surface area contributed by atoms with Crippen molar-refractivity contribution in [2.75, 3.05) is 27.0 Å². The lowest BCUT2D eigenvalue weighted by Gasteiger charge is -2.23. The van der Waals surface area contributed by atoms with E-state index >= 15 is 0 Å². The van der Waals surface area contributed by atoms with Gasteiger partial charge in [0.15, 0.2) is 12.2 Å². The summed E-state index contributed by atoms with van der Waals surface area (Å²) in [4.78, 5) is 12.9.